The minimum Gasteiger partial charge on any atom is -0.368 e. The Morgan fingerprint density at radius 2 is 1.67 bits per heavy atom. The zero-order chi connectivity index (χ0) is 17.1. The van der Waals surface area contributed by atoms with E-state index in [4.69, 9.17) is 5.26 Å². The van der Waals surface area contributed by atoms with Gasteiger partial charge in [-0.1, -0.05) is 0 Å². The number of nitro benzene ring substituents is 1. The summed E-state index contributed by atoms with van der Waals surface area (Å²) < 4.78 is 13.0. The van der Waals surface area contributed by atoms with Crippen LogP contribution in [0.3, 0.4) is 0 Å². The van der Waals surface area contributed by atoms with Crippen molar-refractivity contribution in [3.05, 3.63) is 64.0 Å². The van der Waals surface area contributed by atoms with E-state index in [1.807, 2.05) is 11.0 Å². The molecule has 0 aliphatic carbocycles. The second-order valence-electron chi connectivity index (χ2n) is 5.52. The van der Waals surface area contributed by atoms with Gasteiger partial charge in [0.05, 0.1) is 16.6 Å². The smallest absolute Gasteiger partial charge is 0.292 e. The van der Waals surface area contributed by atoms with E-state index in [0.717, 1.165) is 5.69 Å². The molecular weight excluding hydrogens is 311 g/mol. The third kappa shape index (κ3) is 3.13. The second-order valence-corrected chi connectivity index (χ2v) is 5.52. The highest BCUT2D eigenvalue weighted by Gasteiger charge is 2.24. The average Bonchev–Trinajstić information content (AvgIpc) is 2.62. The summed E-state index contributed by atoms with van der Waals surface area (Å²) in [6.07, 6.45) is 0. The highest BCUT2D eigenvalue weighted by atomic mass is 19.1. The zero-order valence-electron chi connectivity index (χ0n) is 12.9. The molecule has 1 heterocycles. The predicted molar refractivity (Wildman–Crippen MR) is 88.6 cm³/mol. The summed E-state index contributed by atoms with van der Waals surface area (Å²) in [6.45, 7) is 2.51. The molecule has 0 saturated carbocycles. The van der Waals surface area contributed by atoms with Crippen LogP contribution in [0.1, 0.15) is 5.56 Å². The van der Waals surface area contributed by atoms with Crippen LogP contribution >= 0.6 is 0 Å². The Labute approximate surface area is 138 Å². The SMILES string of the molecule is N#Cc1ccc([N+](=O)[O-])c(N2CCN(c3ccc(F)cc3)CC2)c1. The molecule has 0 N–H and O–H groups in total. The lowest BCUT2D eigenvalue weighted by Gasteiger charge is -2.37. The first-order valence-corrected chi connectivity index (χ1v) is 7.52. The molecule has 0 atom stereocenters. The van der Waals surface area contributed by atoms with Crippen LogP contribution in [0.5, 0.6) is 0 Å². The van der Waals surface area contributed by atoms with Gasteiger partial charge < -0.3 is 9.80 Å². The first kappa shape index (κ1) is 15.7. The van der Waals surface area contributed by atoms with Crippen molar-refractivity contribution in [3.63, 3.8) is 0 Å². The number of nitriles is 1. The van der Waals surface area contributed by atoms with Gasteiger partial charge in [-0.25, -0.2) is 4.39 Å². The van der Waals surface area contributed by atoms with Crippen molar-refractivity contribution in [2.24, 2.45) is 0 Å². The molecule has 7 heteroatoms. The Morgan fingerprint density at radius 1 is 1.04 bits per heavy atom. The van der Waals surface area contributed by atoms with Gasteiger partial charge >= 0.3 is 0 Å². The molecule has 0 radical (unpaired) electrons. The van der Waals surface area contributed by atoms with Crippen LogP contribution in [-0.2, 0) is 0 Å². The van der Waals surface area contributed by atoms with Crippen LogP contribution in [-0.4, -0.2) is 31.1 Å². The lowest BCUT2D eigenvalue weighted by atomic mass is 10.1. The number of hydrogen-bond donors (Lipinski definition) is 0. The minimum absolute atomic E-state index is 0.00392. The number of piperazine rings is 1. The molecule has 0 unspecified atom stereocenters. The molecule has 2 aromatic rings. The average molecular weight is 326 g/mol. The van der Waals surface area contributed by atoms with E-state index in [0.29, 0.717) is 37.4 Å². The van der Waals surface area contributed by atoms with Crippen LogP contribution in [0.25, 0.3) is 0 Å². The van der Waals surface area contributed by atoms with Gasteiger partial charge in [0.15, 0.2) is 0 Å². The van der Waals surface area contributed by atoms with Crippen molar-refractivity contribution in [3.8, 4) is 6.07 Å². The number of halogens is 1. The third-order valence-electron chi connectivity index (χ3n) is 4.11. The van der Waals surface area contributed by atoms with Crippen LogP contribution in [0.15, 0.2) is 42.5 Å². The fourth-order valence-corrected chi connectivity index (χ4v) is 2.86. The summed E-state index contributed by atoms with van der Waals surface area (Å²) in [5, 5.41) is 20.3. The molecule has 1 fully saturated rings. The van der Waals surface area contributed by atoms with Gasteiger partial charge in [-0.2, -0.15) is 5.26 Å². The van der Waals surface area contributed by atoms with Gasteiger partial charge in [0.1, 0.15) is 11.5 Å². The molecule has 1 aliphatic rings. The Balaban J connectivity index is 1.78. The molecule has 2 aromatic carbocycles. The third-order valence-corrected chi connectivity index (χ3v) is 4.11. The molecular formula is C17H15FN4O2. The van der Waals surface area contributed by atoms with Gasteiger partial charge in [-0.15, -0.1) is 0 Å². The van der Waals surface area contributed by atoms with Crippen LogP contribution < -0.4 is 9.80 Å². The van der Waals surface area contributed by atoms with Crippen molar-refractivity contribution in [2.75, 3.05) is 36.0 Å². The summed E-state index contributed by atoms with van der Waals surface area (Å²) in [4.78, 5) is 14.8. The maximum absolute atomic E-state index is 13.0. The molecule has 1 aliphatic heterocycles. The number of rotatable bonds is 3. The monoisotopic (exact) mass is 326 g/mol. The van der Waals surface area contributed by atoms with E-state index in [-0.39, 0.29) is 11.5 Å². The molecule has 122 valence electrons. The van der Waals surface area contributed by atoms with E-state index < -0.39 is 4.92 Å². The van der Waals surface area contributed by atoms with Crippen molar-refractivity contribution >= 4 is 17.1 Å². The number of nitro groups is 1. The zero-order valence-corrected chi connectivity index (χ0v) is 12.9. The van der Waals surface area contributed by atoms with Crippen molar-refractivity contribution in [1.82, 2.24) is 0 Å². The van der Waals surface area contributed by atoms with Gasteiger partial charge in [0.25, 0.3) is 5.69 Å². The van der Waals surface area contributed by atoms with Gasteiger partial charge in [-0.05, 0) is 36.4 Å². The maximum Gasteiger partial charge on any atom is 0.292 e. The van der Waals surface area contributed by atoms with Gasteiger partial charge in [-0.3, -0.25) is 10.1 Å². The summed E-state index contributed by atoms with van der Waals surface area (Å²) in [7, 11) is 0. The minimum atomic E-state index is -0.428. The normalized spacial score (nSPS) is 14.3. The van der Waals surface area contributed by atoms with Crippen molar-refractivity contribution < 1.29 is 9.31 Å². The van der Waals surface area contributed by atoms with Gasteiger partial charge in [0.2, 0.25) is 0 Å². The number of benzene rings is 2. The lowest BCUT2D eigenvalue weighted by molar-refractivity contribution is -0.384. The van der Waals surface area contributed by atoms with E-state index in [2.05, 4.69) is 4.90 Å². The summed E-state index contributed by atoms with van der Waals surface area (Å²) in [6, 6.07) is 12.7. The van der Waals surface area contributed by atoms with Crippen LogP contribution in [0, 0.1) is 27.3 Å². The van der Waals surface area contributed by atoms with E-state index >= 15 is 0 Å². The van der Waals surface area contributed by atoms with Crippen LogP contribution in [0.2, 0.25) is 0 Å². The molecule has 1 saturated heterocycles. The van der Waals surface area contributed by atoms with Gasteiger partial charge in [0, 0.05) is 37.9 Å². The Hall–Kier alpha value is -3.14. The molecule has 0 aromatic heterocycles. The Morgan fingerprint density at radius 3 is 2.25 bits per heavy atom. The maximum atomic E-state index is 13.0. The number of nitrogens with zero attached hydrogens (tertiary/aromatic N) is 4. The van der Waals surface area contributed by atoms with Crippen molar-refractivity contribution in [2.45, 2.75) is 0 Å². The molecule has 0 bridgehead atoms. The summed E-state index contributed by atoms with van der Waals surface area (Å²) in [5.41, 5.74) is 1.80. The molecule has 0 spiro atoms. The van der Waals surface area contributed by atoms with Crippen LogP contribution in [0.4, 0.5) is 21.5 Å². The highest BCUT2D eigenvalue weighted by molar-refractivity contribution is 5.66. The quantitative estimate of drug-likeness (QED) is 0.640. The summed E-state index contributed by atoms with van der Waals surface area (Å²) in [5.74, 6) is -0.277. The first-order valence-electron chi connectivity index (χ1n) is 7.52. The fraction of sp³-hybridized carbons (Fsp3) is 0.235. The first-order chi connectivity index (χ1) is 11.6. The topological polar surface area (TPSA) is 73.4 Å². The lowest BCUT2D eigenvalue weighted by Crippen LogP contribution is -2.46. The molecule has 0 amide bonds. The molecule has 6 nitrogen and oxygen atoms in total. The largest absolute Gasteiger partial charge is 0.368 e. The number of anilines is 2. The second kappa shape index (κ2) is 6.54. The Bertz CT molecular complexity index is 793. The van der Waals surface area contributed by atoms with E-state index in [1.165, 1.54) is 24.3 Å². The fourth-order valence-electron chi connectivity index (χ4n) is 2.86. The standard InChI is InChI=1S/C17H15FN4O2/c18-14-2-4-15(5-3-14)20-7-9-21(10-8-20)17-11-13(12-19)1-6-16(17)22(23)24/h1-6,11H,7-10H2. The highest BCUT2D eigenvalue weighted by Crippen LogP contribution is 2.30. The van der Waals surface area contributed by atoms with Crippen molar-refractivity contribution in [1.29, 1.82) is 5.26 Å². The predicted octanol–water partition coefficient (Wildman–Crippen LogP) is 2.93. The Kier molecular flexibility index (Phi) is 4.29. The molecule has 24 heavy (non-hydrogen) atoms. The van der Waals surface area contributed by atoms with E-state index in [1.54, 1.807) is 18.2 Å². The number of hydrogen-bond acceptors (Lipinski definition) is 5. The summed E-state index contributed by atoms with van der Waals surface area (Å²) >= 11 is 0. The molecule has 3 rings (SSSR count). The van der Waals surface area contributed by atoms with E-state index in [9.17, 15) is 14.5 Å².